The first-order chi connectivity index (χ1) is 13.8. The molecule has 3 aliphatic carbocycles. The minimum Gasteiger partial charge on any atom is -0.355 e. The van der Waals surface area contributed by atoms with Gasteiger partial charge in [-0.25, -0.2) is 13.8 Å². The molecule has 0 radical (unpaired) electrons. The molecule has 0 spiro atoms. The van der Waals surface area contributed by atoms with Gasteiger partial charge >= 0.3 is 0 Å². The van der Waals surface area contributed by atoms with Crippen molar-refractivity contribution >= 4 is 11.7 Å². The van der Waals surface area contributed by atoms with E-state index in [9.17, 15) is 13.6 Å². The number of nitrogens with zero attached hydrogens (tertiary/aromatic N) is 2. The summed E-state index contributed by atoms with van der Waals surface area (Å²) in [5, 5.41) is 3.18. The predicted molar refractivity (Wildman–Crippen MR) is 106 cm³/mol. The van der Waals surface area contributed by atoms with E-state index < -0.39 is 11.6 Å². The Bertz CT molecular complexity index is 950. The Morgan fingerprint density at radius 3 is 2.38 bits per heavy atom. The highest BCUT2D eigenvalue weighted by molar-refractivity contribution is 6.00. The molecule has 1 aromatic carbocycles. The van der Waals surface area contributed by atoms with Gasteiger partial charge in [-0.05, 0) is 55.9 Å². The molecule has 152 valence electrons. The van der Waals surface area contributed by atoms with Crippen molar-refractivity contribution < 1.29 is 13.6 Å². The van der Waals surface area contributed by atoms with E-state index in [1.165, 1.54) is 12.1 Å². The van der Waals surface area contributed by atoms with Gasteiger partial charge in [0.1, 0.15) is 17.5 Å². The van der Waals surface area contributed by atoms with E-state index in [1.807, 2.05) is 11.8 Å². The van der Waals surface area contributed by atoms with Gasteiger partial charge in [0.25, 0.3) is 5.91 Å². The number of carbonyl (C=O) groups excluding carboxylic acids is 1. The van der Waals surface area contributed by atoms with Crippen LogP contribution in [0.15, 0.2) is 30.5 Å². The first-order valence-electron chi connectivity index (χ1n) is 10.1. The maximum Gasteiger partial charge on any atom is 0.255 e. The molecule has 1 saturated heterocycles. The van der Waals surface area contributed by atoms with Gasteiger partial charge in [0.05, 0.1) is 5.56 Å². The second kappa shape index (κ2) is 6.49. The highest BCUT2D eigenvalue weighted by Gasteiger charge is 2.57. The molecule has 5 nitrogen and oxygen atoms in total. The lowest BCUT2D eigenvalue weighted by atomic mass is 9.50. The molecule has 1 amide bonds. The van der Waals surface area contributed by atoms with E-state index >= 15 is 0 Å². The number of benzene rings is 1. The minimum absolute atomic E-state index is 0.0662. The molecule has 4 aliphatic rings. The summed E-state index contributed by atoms with van der Waals surface area (Å²) >= 11 is 0. The molecule has 7 heteroatoms. The van der Waals surface area contributed by atoms with Gasteiger partial charge in [-0.1, -0.05) is 0 Å². The van der Waals surface area contributed by atoms with Crippen molar-refractivity contribution in [2.45, 2.75) is 37.8 Å². The number of amides is 1. The van der Waals surface area contributed by atoms with Gasteiger partial charge in [-0.15, -0.1) is 0 Å². The van der Waals surface area contributed by atoms with Crippen LogP contribution in [0, 0.1) is 23.5 Å². The predicted octanol–water partition coefficient (Wildman–Crippen LogP) is 3.09. The Hall–Kier alpha value is -2.54. The summed E-state index contributed by atoms with van der Waals surface area (Å²) in [7, 11) is 0. The number of halogens is 2. The summed E-state index contributed by atoms with van der Waals surface area (Å²) in [4.78, 5) is 19.7. The zero-order chi connectivity index (χ0) is 20.3. The molecule has 29 heavy (non-hydrogen) atoms. The number of hydrogen-bond acceptors (Lipinski definition) is 4. The molecular formula is C22H24F2N4O. The topological polar surface area (TPSA) is 71.2 Å². The average Bonchev–Trinajstić information content (AvgIpc) is 2.54. The molecule has 3 saturated carbocycles. The van der Waals surface area contributed by atoms with Crippen molar-refractivity contribution in [3.8, 4) is 11.1 Å². The van der Waals surface area contributed by atoms with Crippen LogP contribution in [0.5, 0.6) is 0 Å². The molecule has 2 bridgehead atoms. The van der Waals surface area contributed by atoms with Crippen LogP contribution < -0.4 is 16.0 Å². The number of hydrogen-bond donors (Lipinski definition) is 2. The van der Waals surface area contributed by atoms with Crippen LogP contribution in [-0.4, -0.2) is 35.6 Å². The number of nitrogens with two attached hydrogens (primary N) is 1. The maximum atomic E-state index is 13.7. The fourth-order valence-electron chi connectivity index (χ4n) is 4.71. The lowest BCUT2D eigenvalue weighted by Gasteiger charge is -2.61. The molecule has 1 aromatic heterocycles. The van der Waals surface area contributed by atoms with E-state index in [4.69, 9.17) is 5.73 Å². The van der Waals surface area contributed by atoms with Crippen LogP contribution in [0.2, 0.25) is 0 Å². The molecular weight excluding hydrogens is 374 g/mol. The van der Waals surface area contributed by atoms with Crippen molar-refractivity contribution in [3.05, 3.63) is 47.7 Å². The first kappa shape index (κ1) is 18.5. The van der Waals surface area contributed by atoms with Crippen LogP contribution in [0.1, 0.15) is 36.5 Å². The Kier molecular flexibility index (Phi) is 4.13. The summed E-state index contributed by atoms with van der Waals surface area (Å²) in [6, 6.07) is 5.10. The fraction of sp³-hybridized carbons (Fsp3) is 0.455. The summed E-state index contributed by atoms with van der Waals surface area (Å²) in [6.45, 7) is 3.46. The quantitative estimate of drug-likeness (QED) is 0.812. The molecule has 2 aromatic rings. The molecule has 1 atom stereocenters. The molecule has 4 fully saturated rings. The Labute approximate surface area is 168 Å². The number of nitrogens with one attached hydrogen (secondary N) is 1. The van der Waals surface area contributed by atoms with E-state index in [0.29, 0.717) is 28.4 Å². The van der Waals surface area contributed by atoms with E-state index in [0.717, 1.165) is 44.3 Å². The van der Waals surface area contributed by atoms with Crippen molar-refractivity contribution in [1.29, 1.82) is 0 Å². The Balaban J connectivity index is 1.48. The van der Waals surface area contributed by atoms with E-state index in [2.05, 4.69) is 10.3 Å². The van der Waals surface area contributed by atoms with E-state index in [1.54, 1.807) is 12.3 Å². The summed E-state index contributed by atoms with van der Waals surface area (Å²) < 4.78 is 27.4. The van der Waals surface area contributed by atoms with Crippen LogP contribution in [0.25, 0.3) is 11.1 Å². The van der Waals surface area contributed by atoms with Crippen LogP contribution in [0.3, 0.4) is 0 Å². The second-order valence-electron chi connectivity index (χ2n) is 8.99. The lowest BCUT2D eigenvalue weighted by molar-refractivity contribution is -0.0438. The van der Waals surface area contributed by atoms with E-state index in [-0.39, 0.29) is 17.5 Å². The Morgan fingerprint density at radius 1 is 1.17 bits per heavy atom. The van der Waals surface area contributed by atoms with Gasteiger partial charge in [-0.2, -0.15) is 0 Å². The van der Waals surface area contributed by atoms with Crippen molar-refractivity contribution in [3.63, 3.8) is 0 Å². The SMILES string of the molecule is CC(N)C1CN(c2ncc(-c3cc(F)cc(F)c3)cc2C(=O)NC23CC(C2)C3)C1. The molecule has 1 unspecified atom stereocenters. The number of rotatable bonds is 5. The Morgan fingerprint density at radius 2 is 1.83 bits per heavy atom. The third kappa shape index (κ3) is 3.17. The minimum atomic E-state index is -0.661. The van der Waals surface area contributed by atoms with Crippen molar-refractivity contribution in [2.24, 2.45) is 17.6 Å². The number of anilines is 1. The summed E-state index contributed by atoms with van der Waals surface area (Å²) in [6.07, 6.45) is 4.67. The molecule has 6 rings (SSSR count). The number of pyridine rings is 1. The normalized spacial score (nSPS) is 26.2. The third-order valence-corrected chi connectivity index (χ3v) is 6.68. The number of aromatic nitrogens is 1. The van der Waals surface area contributed by atoms with Crippen LogP contribution in [0.4, 0.5) is 14.6 Å². The smallest absolute Gasteiger partial charge is 0.255 e. The highest BCUT2D eigenvalue weighted by Crippen LogP contribution is 2.57. The standard InChI is InChI=1S/C22H24F2N4O/c1-12(25)16-10-28(11-16)20-19(21(29)27-22-6-13(7-22)8-22)4-15(9-26-20)14-2-17(23)5-18(24)3-14/h2-5,9,12-13,16H,6-8,10-11,25H2,1H3,(H,27,29). The van der Waals surface area contributed by atoms with Crippen molar-refractivity contribution in [1.82, 2.24) is 10.3 Å². The van der Waals surface area contributed by atoms with Crippen molar-refractivity contribution in [2.75, 3.05) is 18.0 Å². The van der Waals surface area contributed by atoms with Gasteiger partial charge in [-0.3, -0.25) is 4.79 Å². The van der Waals surface area contributed by atoms with Gasteiger partial charge in [0.15, 0.2) is 0 Å². The third-order valence-electron chi connectivity index (χ3n) is 6.68. The van der Waals surface area contributed by atoms with Gasteiger partial charge in [0, 0.05) is 48.4 Å². The number of carbonyl (C=O) groups is 1. The van der Waals surface area contributed by atoms with Gasteiger partial charge in [0.2, 0.25) is 0 Å². The molecule has 3 N–H and O–H groups in total. The maximum absolute atomic E-state index is 13.7. The van der Waals surface area contributed by atoms with Crippen LogP contribution >= 0.6 is 0 Å². The lowest BCUT2D eigenvalue weighted by Crippen LogP contribution is -2.68. The highest BCUT2D eigenvalue weighted by atomic mass is 19.1. The zero-order valence-electron chi connectivity index (χ0n) is 16.3. The molecule has 2 heterocycles. The monoisotopic (exact) mass is 398 g/mol. The molecule has 1 aliphatic heterocycles. The summed E-state index contributed by atoms with van der Waals surface area (Å²) in [5.41, 5.74) is 7.23. The largest absolute Gasteiger partial charge is 0.355 e. The second-order valence-corrected chi connectivity index (χ2v) is 8.99. The zero-order valence-corrected chi connectivity index (χ0v) is 16.3. The average molecular weight is 398 g/mol. The summed E-state index contributed by atoms with van der Waals surface area (Å²) in [5.74, 6) is 0.220. The fourth-order valence-corrected chi connectivity index (χ4v) is 4.71. The van der Waals surface area contributed by atoms with Gasteiger partial charge < -0.3 is 16.0 Å². The van der Waals surface area contributed by atoms with Crippen LogP contribution in [-0.2, 0) is 0 Å². The first-order valence-corrected chi connectivity index (χ1v) is 10.1.